The zero-order chi connectivity index (χ0) is 21.0. The minimum atomic E-state index is -3.32. The molecule has 3 heterocycles. The molecule has 31 heavy (non-hydrogen) atoms. The molecule has 0 atom stereocenters. The van der Waals surface area contributed by atoms with Crippen LogP contribution in [-0.2, 0) is 10.0 Å². The van der Waals surface area contributed by atoms with Crippen molar-refractivity contribution in [2.75, 3.05) is 4.72 Å². The third kappa shape index (κ3) is 3.54. The summed E-state index contributed by atoms with van der Waals surface area (Å²) >= 11 is 0. The van der Waals surface area contributed by atoms with E-state index in [2.05, 4.69) is 29.6 Å². The fraction of sp³-hybridized carbons (Fsp3) is 0.273. The second-order valence-electron chi connectivity index (χ2n) is 8.20. The van der Waals surface area contributed by atoms with E-state index in [-0.39, 0.29) is 5.25 Å². The Morgan fingerprint density at radius 3 is 2.48 bits per heavy atom. The van der Waals surface area contributed by atoms with Gasteiger partial charge in [-0.1, -0.05) is 12.1 Å². The van der Waals surface area contributed by atoms with E-state index in [1.54, 1.807) is 6.07 Å². The number of benzene rings is 1. The highest BCUT2D eigenvalue weighted by molar-refractivity contribution is 7.93. The molecule has 0 unspecified atom stereocenters. The maximum atomic E-state index is 12.3. The molecular formula is C22H20N6O2S. The molecule has 0 saturated heterocycles. The number of aromatic nitrogens is 5. The maximum Gasteiger partial charge on any atom is 0.235 e. The highest BCUT2D eigenvalue weighted by Crippen LogP contribution is 2.38. The van der Waals surface area contributed by atoms with E-state index in [0.29, 0.717) is 17.3 Å². The van der Waals surface area contributed by atoms with Gasteiger partial charge in [-0.25, -0.2) is 28.4 Å². The third-order valence-corrected chi connectivity index (χ3v) is 7.58. The third-order valence-electron chi connectivity index (χ3n) is 5.71. The van der Waals surface area contributed by atoms with Crippen LogP contribution in [0, 0.1) is 0 Å². The molecule has 0 aliphatic heterocycles. The Hall–Kier alpha value is -3.33. The second-order valence-corrected chi connectivity index (χ2v) is 10.2. The van der Waals surface area contributed by atoms with E-state index in [1.807, 2.05) is 36.7 Å². The van der Waals surface area contributed by atoms with Crippen LogP contribution in [-0.4, -0.2) is 38.6 Å². The largest absolute Gasteiger partial charge is 0.339 e. The molecule has 0 amide bonds. The van der Waals surface area contributed by atoms with Gasteiger partial charge >= 0.3 is 0 Å². The molecule has 156 valence electrons. The average Bonchev–Trinajstić information content (AvgIpc) is 3.69. The lowest BCUT2D eigenvalue weighted by Crippen LogP contribution is -2.17. The van der Waals surface area contributed by atoms with E-state index >= 15 is 0 Å². The molecule has 2 aliphatic carbocycles. The fourth-order valence-corrected chi connectivity index (χ4v) is 5.09. The molecule has 2 N–H and O–H groups in total. The van der Waals surface area contributed by atoms with Crippen LogP contribution in [0.15, 0.2) is 49.1 Å². The summed E-state index contributed by atoms with van der Waals surface area (Å²) in [5.74, 6) is 1.42. The summed E-state index contributed by atoms with van der Waals surface area (Å²) in [5, 5.41) is 0.577. The number of H-pyrrole nitrogens is 1. The Morgan fingerprint density at radius 1 is 0.935 bits per heavy atom. The van der Waals surface area contributed by atoms with Gasteiger partial charge in [0.2, 0.25) is 10.0 Å². The van der Waals surface area contributed by atoms with Crippen LogP contribution >= 0.6 is 0 Å². The van der Waals surface area contributed by atoms with Crippen molar-refractivity contribution in [1.82, 2.24) is 24.9 Å². The van der Waals surface area contributed by atoms with Gasteiger partial charge in [0.1, 0.15) is 17.8 Å². The first-order valence-electron chi connectivity index (χ1n) is 10.3. The van der Waals surface area contributed by atoms with Gasteiger partial charge in [-0.3, -0.25) is 4.72 Å². The standard InChI is InChI=1S/C22H20N6O2S/c29-31(30,17-6-7-17)28-16-3-1-2-14(8-16)20-18-9-19(27-22(18)26-12-25-20)15-10-23-21(24-11-15)13-4-5-13/h1-3,8-13,17,28H,4-7H2,(H,25,26,27). The summed E-state index contributed by atoms with van der Waals surface area (Å²) in [7, 11) is -3.32. The Bertz CT molecular complexity index is 1390. The zero-order valence-electron chi connectivity index (χ0n) is 16.6. The monoisotopic (exact) mass is 432 g/mol. The van der Waals surface area contributed by atoms with Crippen LogP contribution in [0.4, 0.5) is 5.69 Å². The van der Waals surface area contributed by atoms with E-state index in [1.165, 1.54) is 19.2 Å². The Labute approximate surface area is 179 Å². The highest BCUT2D eigenvalue weighted by Gasteiger charge is 2.35. The average molecular weight is 433 g/mol. The van der Waals surface area contributed by atoms with Gasteiger partial charge in [0.25, 0.3) is 0 Å². The van der Waals surface area contributed by atoms with Crippen LogP contribution in [0.2, 0.25) is 0 Å². The van der Waals surface area contributed by atoms with Crippen molar-refractivity contribution in [3.63, 3.8) is 0 Å². The fourth-order valence-electron chi connectivity index (χ4n) is 3.71. The lowest BCUT2D eigenvalue weighted by Gasteiger charge is -2.09. The molecule has 9 heteroatoms. The molecular weight excluding hydrogens is 412 g/mol. The van der Waals surface area contributed by atoms with E-state index in [9.17, 15) is 8.42 Å². The predicted octanol–water partition coefficient (Wildman–Crippen LogP) is 3.86. The molecule has 0 radical (unpaired) electrons. The van der Waals surface area contributed by atoms with Gasteiger partial charge in [0, 0.05) is 40.5 Å². The molecule has 3 aromatic heterocycles. The Morgan fingerprint density at radius 2 is 1.74 bits per heavy atom. The number of rotatable bonds is 6. The number of aromatic amines is 1. The van der Waals surface area contributed by atoms with Gasteiger partial charge < -0.3 is 4.98 Å². The normalized spacial score (nSPS) is 16.5. The molecule has 4 aromatic rings. The van der Waals surface area contributed by atoms with Gasteiger partial charge in [-0.15, -0.1) is 0 Å². The molecule has 6 rings (SSSR count). The number of hydrogen-bond donors (Lipinski definition) is 2. The van der Waals surface area contributed by atoms with Crippen molar-refractivity contribution in [2.24, 2.45) is 0 Å². The summed E-state index contributed by atoms with van der Waals surface area (Å²) in [4.78, 5) is 21.2. The first-order valence-corrected chi connectivity index (χ1v) is 11.9. The summed E-state index contributed by atoms with van der Waals surface area (Å²) in [6, 6.07) is 9.29. The van der Waals surface area contributed by atoms with E-state index in [0.717, 1.165) is 46.6 Å². The molecule has 0 spiro atoms. The van der Waals surface area contributed by atoms with Crippen molar-refractivity contribution < 1.29 is 8.42 Å². The van der Waals surface area contributed by atoms with Crippen molar-refractivity contribution in [3.05, 3.63) is 54.9 Å². The number of nitrogens with zero attached hydrogens (tertiary/aromatic N) is 4. The van der Waals surface area contributed by atoms with Crippen molar-refractivity contribution in [1.29, 1.82) is 0 Å². The van der Waals surface area contributed by atoms with Gasteiger partial charge in [-0.05, 0) is 43.9 Å². The molecule has 0 bridgehead atoms. The van der Waals surface area contributed by atoms with Gasteiger partial charge in [0.15, 0.2) is 0 Å². The summed E-state index contributed by atoms with van der Waals surface area (Å²) in [6.45, 7) is 0. The van der Waals surface area contributed by atoms with Gasteiger partial charge in [0.05, 0.1) is 16.6 Å². The van der Waals surface area contributed by atoms with Crippen LogP contribution < -0.4 is 4.72 Å². The Balaban J connectivity index is 1.36. The number of sulfonamides is 1. The van der Waals surface area contributed by atoms with Gasteiger partial charge in [-0.2, -0.15) is 0 Å². The second kappa shape index (κ2) is 6.84. The zero-order valence-corrected chi connectivity index (χ0v) is 17.4. The first kappa shape index (κ1) is 18.4. The van der Waals surface area contributed by atoms with Crippen LogP contribution in [0.5, 0.6) is 0 Å². The van der Waals surface area contributed by atoms with E-state index in [4.69, 9.17) is 0 Å². The summed E-state index contributed by atoms with van der Waals surface area (Å²) < 4.78 is 27.3. The lowest BCUT2D eigenvalue weighted by atomic mass is 10.1. The predicted molar refractivity (Wildman–Crippen MR) is 118 cm³/mol. The van der Waals surface area contributed by atoms with Crippen LogP contribution in [0.25, 0.3) is 33.5 Å². The molecule has 2 aliphatic rings. The highest BCUT2D eigenvalue weighted by atomic mass is 32.2. The minimum Gasteiger partial charge on any atom is -0.339 e. The SMILES string of the molecule is O=S(=O)(Nc1cccc(-c2ncnc3[nH]c(-c4cnc(C5CC5)nc4)cc23)c1)C1CC1. The summed E-state index contributed by atoms with van der Waals surface area (Å²) in [5.41, 5.74) is 4.54. The maximum absolute atomic E-state index is 12.3. The Kier molecular flexibility index (Phi) is 4.07. The van der Waals surface area contributed by atoms with Crippen molar-refractivity contribution in [2.45, 2.75) is 36.9 Å². The molecule has 2 saturated carbocycles. The van der Waals surface area contributed by atoms with Crippen LogP contribution in [0.3, 0.4) is 0 Å². The smallest absolute Gasteiger partial charge is 0.235 e. The number of fused-ring (bicyclic) bond motifs is 1. The molecule has 2 fully saturated rings. The topological polar surface area (TPSA) is 114 Å². The minimum absolute atomic E-state index is 0.275. The van der Waals surface area contributed by atoms with Crippen LogP contribution in [0.1, 0.15) is 37.4 Å². The number of hydrogen-bond acceptors (Lipinski definition) is 6. The van der Waals surface area contributed by atoms with E-state index < -0.39 is 10.0 Å². The quantitative estimate of drug-likeness (QED) is 0.478. The summed E-state index contributed by atoms with van der Waals surface area (Å²) in [6.07, 6.45) is 8.96. The number of anilines is 1. The van der Waals surface area contributed by atoms with Crippen molar-refractivity contribution >= 4 is 26.7 Å². The first-order chi connectivity index (χ1) is 15.1. The molecule has 8 nitrogen and oxygen atoms in total. The lowest BCUT2D eigenvalue weighted by molar-refractivity contribution is 0.600. The van der Waals surface area contributed by atoms with Crippen molar-refractivity contribution in [3.8, 4) is 22.5 Å². The number of nitrogens with one attached hydrogen (secondary N) is 2. The molecule has 1 aromatic carbocycles.